The normalized spacial score (nSPS) is 17.7. The Labute approximate surface area is 179 Å². The molecule has 0 spiro atoms. The number of anilines is 1. The van der Waals surface area contributed by atoms with Gasteiger partial charge in [-0.15, -0.1) is 0 Å². The lowest BCUT2D eigenvalue weighted by Crippen LogP contribution is -2.43. The van der Waals surface area contributed by atoms with E-state index in [1.165, 1.54) is 5.39 Å². The average molecular weight is 420 g/mol. The lowest BCUT2D eigenvalue weighted by atomic mass is 10.1. The van der Waals surface area contributed by atoms with Crippen LogP contribution in [0.25, 0.3) is 10.9 Å². The van der Waals surface area contributed by atoms with Crippen LogP contribution in [0.4, 0.5) is 10.5 Å². The number of rotatable bonds is 5. The Morgan fingerprint density at radius 2 is 1.97 bits per heavy atom. The number of hydrogen-bond donors (Lipinski definition) is 3. The minimum absolute atomic E-state index is 0.0271. The number of ether oxygens (including phenoxy) is 2. The van der Waals surface area contributed by atoms with Crippen molar-refractivity contribution >= 4 is 28.5 Å². The van der Waals surface area contributed by atoms with E-state index in [9.17, 15) is 9.59 Å². The van der Waals surface area contributed by atoms with Crippen molar-refractivity contribution in [1.29, 1.82) is 0 Å². The number of nitrogens with zero attached hydrogens (tertiary/aromatic N) is 1. The van der Waals surface area contributed by atoms with E-state index in [1.807, 2.05) is 42.6 Å². The summed E-state index contributed by atoms with van der Waals surface area (Å²) in [5, 5.41) is 6.97. The highest BCUT2D eigenvalue weighted by Gasteiger charge is 2.32. The number of urea groups is 1. The minimum Gasteiger partial charge on any atom is -0.486 e. The Kier molecular flexibility index (Phi) is 5.11. The predicted octanol–water partition coefficient (Wildman–Crippen LogP) is 2.59. The van der Waals surface area contributed by atoms with E-state index in [1.54, 1.807) is 4.90 Å². The van der Waals surface area contributed by atoms with Crippen LogP contribution in [0.3, 0.4) is 0 Å². The summed E-state index contributed by atoms with van der Waals surface area (Å²) in [5.41, 5.74) is 3.00. The van der Waals surface area contributed by atoms with Gasteiger partial charge in [0.2, 0.25) is 5.91 Å². The van der Waals surface area contributed by atoms with Crippen molar-refractivity contribution in [3.05, 3.63) is 54.2 Å². The summed E-state index contributed by atoms with van der Waals surface area (Å²) in [6, 6.07) is 13.1. The summed E-state index contributed by atoms with van der Waals surface area (Å²) >= 11 is 0. The van der Waals surface area contributed by atoms with Gasteiger partial charge in [0.05, 0.1) is 6.04 Å². The number of aromatic nitrogens is 1. The molecule has 1 fully saturated rings. The number of amides is 3. The number of carbonyl (C=O) groups excluding carboxylic acids is 2. The molecule has 0 bridgehead atoms. The number of para-hydroxylation sites is 1. The van der Waals surface area contributed by atoms with Crippen molar-refractivity contribution in [3.63, 3.8) is 0 Å². The largest absolute Gasteiger partial charge is 0.486 e. The highest BCUT2D eigenvalue weighted by atomic mass is 16.6. The number of nitrogens with one attached hydrogen (secondary N) is 3. The van der Waals surface area contributed by atoms with Crippen molar-refractivity contribution in [1.82, 2.24) is 15.6 Å². The molecule has 0 radical (unpaired) electrons. The van der Waals surface area contributed by atoms with Crippen molar-refractivity contribution in [2.24, 2.45) is 0 Å². The molecule has 0 unspecified atom stereocenters. The molecule has 0 aliphatic carbocycles. The number of H-pyrrole nitrogens is 1. The third kappa shape index (κ3) is 4.01. The molecule has 2 aliphatic rings. The first kappa shape index (κ1) is 19.3. The summed E-state index contributed by atoms with van der Waals surface area (Å²) in [5.74, 6) is 1.30. The zero-order valence-electron chi connectivity index (χ0n) is 17.0. The molecular weight excluding hydrogens is 396 g/mol. The summed E-state index contributed by atoms with van der Waals surface area (Å²) < 4.78 is 11.1. The maximum atomic E-state index is 12.5. The lowest BCUT2D eigenvalue weighted by molar-refractivity contribution is -0.117. The standard InChI is InChI=1S/C23H24N4O4/c28-22-11-16(14-27(22)17-5-6-20-21(12-17)31-10-9-30-20)26-23(29)24-8-7-15-13-25-19-4-2-1-3-18(15)19/h1-6,12-13,16,25H,7-11,14H2,(H2,24,26,29)/t16-/m0/s1. The SMILES string of the molecule is O=C(NCCc1c[nH]c2ccccc12)N[C@H]1CC(=O)N(c2ccc3c(c2)OCCO3)C1. The van der Waals surface area contributed by atoms with E-state index in [0.717, 1.165) is 23.2 Å². The fraction of sp³-hybridized carbons (Fsp3) is 0.304. The first-order chi connectivity index (χ1) is 15.2. The summed E-state index contributed by atoms with van der Waals surface area (Å²) in [4.78, 5) is 29.8. The molecule has 31 heavy (non-hydrogen) atoms. The molecule has 160 valence electrons. The van der Waals surface area contributed by atoms with Crippen molar-refractivity contribution in [3.8, 4) is 11.5 Å². The van der Waals surface area contributed by atoms with Crippen LogP contribution in [-0.4, -0.2) is 49.3 Å². The third-order valence-corrected chi connectivity index (χ3v) is 5.65. The quantitative estimate of drug-likeness (QED) is 0.591. The molecule has 1 saturated heterocycles. The fourth-order valence-electron chi connectivity index (χ4n) is 4.14. The molecule has 8 nitrogen and oxygen atoms in total. The van der Waals surface area contributed by atoms with Gasteiger partial charge >= 0.3 is 6.03 Å². The van der Waals surface area contributed by atoms with E-state index >= 15 is 0 Å². The first-order valence-electron chi connectivity index (χ1n) is 10.5. The predicted molar refractivity (Wildman–Crippen MR) is 117 cm³/mol. The highest BCUT2D eigenvalue weighted by Crippen LogP contribution is 2.35. The number of benzene rings is 2. The van der Waals surface area contributed by atoms with E-state index < -0.39 is 0 Å². The molecule has 8 heteroatoms. The maximum absolute atomic E-state index is 12.5. The van der Waals surface area contributed by atoms with Crippen LogP contribution in [0, 0.1) is 0 Å². The van der Waals surface area contributed by atoms with Gasteiger partial charge in [-0.2, -0.15) is 0 Å². The van der Waals surface area contributed by atoms with Crippen LogP contribution in [-0.2, 0) is 11.2 Å². The Balaban J connectivity index is 1.14. The Morgan fingerprint density at radius 1 is 1.13 bits per heavy atom. The molecule has 0 saturated carbocycles. The summed E-state index contributed by atoms with van der Waals surface area (Å²) in [7, 11) is 0. The van der Waals surface area contributed by atoms with Gasteiger partial charge in [0.1, 0.15) is 13.2 Å². The van der Waals surface area contributed by atoms with Gasteiger partial charge in [0, 0.05) is 48.4 Å². The van der Waals surface area contributed by atoms with Gasteiger partial charge in [-0.1, -0.05) is 18.2 Å². The van der Waals surface area contributed by atoms with Gasteiger partial charge in [-0.3, -0.25) is 4.79 Å². The Hall–Kier alpha value is -3.68. The molecule has 1 atom stereocenters. The fourth-order valence-corrected chi connectivity index (χ4v) is 4.14. The number of aromatic amines is 1. The average Bonchev–Trinajstić information content (AvgIpc) is 3.36. The zero-order chi connectivity index (χ0) is 21.2. The molecular formula is C23H24N4O4. The molecule has 3 N–H and O–H groups in total. The third-order valence-electron chi connectivity index (χ3n) is 5.65. The van der Waals surface area contributed by atoms with E-state index in [0.29, 0.717) is 37.8 Å². The monoisotopic (exact) mass is 420 g/mol. The van der Waals surface area contributed by atoms with E-state index in [-0.39, 0.29) is 24.4 Å². The van der Waals surface area contributed by atoms with E-state index in [2.05, 4.69) is 21.7 Å². The molecule has 5 rings (SSSR count). The lowest BCUT2D eigenvalue weighted by Gasteiger charge is -2.22. The second kappa shape index (κ2) is 8.22. The van der Waals surface area contributed by atoms with Crippen molar-refractivity contribution in [2.75, 3.05) is 31.2 Å². The second-order valence-electron chi connectivity index (χ2n) is 7.74. The second-order valence-corrected chi connectivity index (χ2v) is 7.74. The van der Waals surface area contributed by atoms with Gasteiger partial charge in [-0.05, 0) is 30.2 Å². The first-order valence-corrected chi connectivity index (χ1v) is 10.5. The highest BCUT2D eigenvalue weighted by molar-refractivity contribution is 5.97. The maximum Gasteiger partial charge on any atom is 0.315 e. The zero-order valence-corrected chi connectivity index (χ0v) is 17.0. The van der Waals surface area contributed by atoms with Crippen LogP contribution < -0.4 is 25.0 Å². The molecule has 3 aromatic rings. The molecule has 2 aliphatic heterocycles. The molecule has 3 amide bonds. The topological polar surface area (TPSA) is 95.7 Å². The smallest absolute Gasteiger partial charge is 0.315 e. The Morgan fingerprint density at radius 3 is 2.87 bits per heavy atom. The van der Waals surface area contributed by atoms with Gasteiger partial charge < -0.3 is 30.0 Å². The molecule has 1 aromatic heterocycles. The summed E-state index contributed by atoms with van der Waals surface area (Å²) in [6.07, 6.45) is 2.97. The van der Waals surface area contributed by atoms with Crippen LogP contribution in [0.2, 0.25) is 0 Å². The van der Waals surface area contributed by atoms with Gasteiger partial charge in [0.15, 0.2) is 11.5 Å². The van der Waals surface area contributed by atoms with Gasteiger partial charge in [-0.25, -0.2) is 4.79 Å². The number of hydrogen-bond acceptors (Lipinski definition) is 4. The Bertz CT molecular complexity index is 1130. The van der Waals surface area contributed by atoms with Crippen LogP contribution in [0.1, 0.15) is 12.0 Å². The minimum atomic E-state index is -0.262. The van der Waals surface area contributed by atoms with Crippen molar-refractivity contribution in [2.45, 2.75) is 18.9 Å². The van der Waals surface area contributed by atoms with Crippen molar-refractivity contribution < 1.29 is 19.1 Å². The van der Waals surface area contributed by atoms with Crippen LogP contribution in [0.15, 0.2) is 48.7 Å². The van der Waals surface area contributed by atoms with Gasteiger partial charge in [0.25, 0.3) is 0 Å². The number of carbonyl (C=O) groups is 2. The summed E-state index contributed by atoms with van der Waals surface area (Å²) in [6.45, 7) is 1.96. The number of fused-ring (bicyclic) bond motifs is 2. The molecule has 2 aromatic carbocycles. The van der Waals surface area contributed by atoms with E-state index in [4.69, 9.17) is 9.47 Å². The molecule has 3 heterocycles. The van der Waals surface area contributed by atoms with Crippen LogP contribution in [0.5, 0.6) is 11.5 Å². The van der Waals surface area contributed by atoms with Crippen LogP contribution >= 0.6 is 0 Å².